The van der Waals surface area contributed by atoms with Crippen LogP contribution in [0.4, 0.5) is 15.8 Å². The highest BCUT2D eigenvalue weighted by atomic mass is 32.2. The minimum atomic E-state index is -3.74. The molecular weight excluding hydrogens is 517 g/mol. The number of amides is 2. The Morgan fingerprint density at radius 1 is 1.11 bits per heavy atom. The van der Waals surface area contributed by atoms with Gasteiger partial charge in [-0.15, -0.1) is 0 Å². The van der Waals surface area contributed by atoms with Gasteiger partial charge in [-0.3, -0.25) is 19.5 Å². The summed E-state index contributed by atoms with van der Waals surface area (Å²) in [7, 11) is -3.74. The van der Waals surface area contributed by atoms with Crippen molar-refractivity contribution in [1.29, 1.82) is 0 Å². The molecule has 2 heterocycles. The van der Waals surface area contributed by atoms with Crippen LogP contribution in [0.25, 0.3) is 0 Å². The van der Waals surface area contributed by atoms with Gasteiger partial charge in [0, 0.05) is 36.1 Å². The Labute approximate surface area is 219 Å². The fourth-order valence-electron chi connectivity index (χ4n) is 3.73. The molecule has 0 saturated carbocycles. The number of benzene rings is 2. The highest BCUT2D eigenvalue weighted by Gasteiger charge is 2.25. The Morgan fingerprint density at radius 3 is 2.50 bits per heavy atom. The molecule has 2 amide bonds. The first-order valence-corrected chi connectivity index (χ1v) is 13.4. The van der Waals surface area contributed by atoms with Crippen molar-refractivity contribution < 1.29 is 36.6 Å². The molecular formula is C26H26FN3O7S. The number of sulfonamides is 1. The summed E-state index contributed by atoms with van der Waals surface area (Å²) in [6.45, 7) is 1.26. The second-order valence-corrected chi connectivity index (χ2v) is 10.3. The molecule has 1 atom stereocenters. The van der Waals surface area contributed by atoms with Gasteiger partial charge < -0.3 is 14.2 Å². The highest BCUT2D eigenvalue weighted by molar-refractivity contribution is 7.90. The van der Waals surface area contributed by atoms with Crippen molar-refractivity contribution in [2.24, 2.45) is 0 Å². The number of ether oxygens (including phenoxy) is 3. The van der Waals surface area contributed by atoms with Crippen LogP contribution in [-0.2, 0) is 14.8 Å². The summed E-state index contributed by atoms with van der Waals surface area (Å²) in [5, 5.41) is 0. The molecule has 1 N–H and O–H groups in total. The van der Waals surface area contributed by atoms with Crippen LogP contribution in [0.15, 0.2) is 67.0 Å². The lowest BCUT2D eigenvalue weighted by Crippen LogP contribution is -2.31. The maximum atomic E-state index is 13.6. The molecule has 12 heteroatoms. The fourth-order valence-corrected chi connectivity index (χ4v) is 4.27. The van der Waals surface area contributed by atoms with Gasteiger partial charge in [-0.25, -0.2) is 17.5 Å². The standard InChI is InChI=1S/C26H26FN3O7S/c1-2-38(33,34)29-25(31)18-5-7-20(8-6-18)30(26(32)19-4-3-12-28-15-19)21-9-10-23(36-17-27)24(14-21)37-22-11-13-35-16-22/h3-10,12,14-15,22H,2,11,13,16-17H2,1H3,(H,29,31)/t22-/m1/s1. The molecule has 2 aromatic carbocycles. The smallest absolute Gasteiger partial charge is 0.264 e. The molecule has 0 aliphatic carbocycles. The number of aromatic nitrogens is 1. The van der Waals surface area contributed by atoms with E-state index in [9.17, 15) is 22.4 Å². The van der Waals surface area contributed by atoms with E-state index in [2.05, 4.69) is 4.98 Å². The molecule has 0 spiro atoms. The third kappa shape index (κ3) is 6.45. The molecule has 38 heavy (non-hydrogen) atoms. The minimum Gasteiger partial charge on any atom is -0.484 e. The van der Waals surface area contributed by atoms with Crippen LogP contribution in [0.1, 0.15) is 34.1 Å². The average molecular weight is 544 g/mol. The lowest BCUT2D eigenvalue weighted by Gasteiger charge is -2.25. The van der Waals surface area contributed by atoms with Gasteiger partial charge in [0.05, 0.1) is 30.2 Å². The molecule has 1 saturated heterocycles. The highest BCUT2D eigenvalue weighted by Crippen LogP contribution is 2.37. The number of pyridine rings is 1. The van der Waals surface area contributed by atoms with Gasteiger partial charge in [0.2, 0.25) is 16.9 Å². The van der Waals surface area contributed by atoms with Crippen LogP contribution in [0.2, 0.25) is 0 Å². The molecule has 10 nitrogen and oxygen atoms in total. The summed E-state index contributed by atoms with van der Waals surface area (Å²) < 4.78 is 55.0. The molecule has 1 aromatic heterocycles. The lowest BCUT2D eigenvalue weighted by molar-refractivity contribution is 0.0979. The lowest BCUT2D eigenvalue weighted by atomic mass is 10.1. The Balaban J connectivity index is 1.72. The van der Waals surface area contributed by atoms with Gasteiger partial charge in [-0.1, -0.05) is 0 Å². The molecule has 1 fully saturated rings. The van der Waals surface area contributed by atoms with E-state index in [1.807, 2.05) is 4.72 Å². The Hall–Kier alpha value is -4.03. The number of alkyl halides is 1. The summed E-state index contributed by atoms with van der Waals surface area (Å²) in [5.74, 6) is -1.06. The van der Waals surface area contributed by atoms with Gasteiger partial charge >= 0.3 is 0 Å². The second kappa shape index (κ2) is 12.0. The number of anilines is 2. The molecule has 3 aromatic rings. The van der Waals surface area contributed by atoms with Crippen molar-refractivity contribution >= 4 is 33.2 Å². The summed E-state index contributed by atoms with van der Waals surface area (Å²) in [4.78, 5) is 31.4. The van der Waals surface area contributed by atoms with Crippen LogP contribution in [0.3, 0.4) is 0 Å². The van der Waals surface area contributed by atoms with Gasteiger partial charge in [-0.05, 0) is 55.5 Å². The van der Waals surface area contributed by atoms with E-state index < -0.39 is 28.7 Å². The number of hydrogen-bond acceptors (Lipinski definition) is 8. The summed E-state index contributed by atoms with van der Waals surface area (Å²) in [5.41, 5.74) is 1.14. The maximum absolute atomic E-state index is 13.6. The normalized spacial score (nSPS) is 15.1. The van der Waals surface area contributed by atoms with Crippen LogP contribution in [0.5, 0.6) is 11.5 Å². The van der Waals surface area contributed by atoms with Crippen molar-refractivity contribution in [3.63, 3.8) is 0 Å². The molecule has 0 unspecified atom stereocenters. The Kier molecular flexibility index (Phi) is 8.54. The van der Waals surface area contributed by atoms with Crippen LogP contribution in [0, 0.1) is 0 Å². The van der Waals surface area contributed by atoms with Gasteiger partial charge in [0.25, 0.3) is 11.8 Å². The van der Waals surface area contributed by atoms with Crippen LogP contribution >= 0.6 is 0 Å². The third-order valence-electron chi connectivity index (χ3n) is 5.70. The number of hydrogen-bond donors (Lipinski definition) is 1. The number of rotatable bonds is 10. The van der Waals surface area contributed by atoms with E-state index in [-0.39, 0.29) is 28.9 Å². The van der Waals surface area contributed by atoms with Gasteiger partial charge in [-0.2, -0.15) is 0 Å². The first-order valence-electron chi connectivity index (χ1n) is 11.8. The predicted octanol–water partition coefficient (Wildman–Crippen LogP) is 3.61. The zero-order valence-electron chi connectivity index (χ0n) is 20.5. The van der Waals surface area contributed by atoms with Crippen LogP contribution in [-0.4, -0.2) is 57.1 Å². The largest absolute Gasteiger partial charge is 0.484 e. The molecule has 1 aliphatic rings. The molecule has 0 bridgehead atoms. The number of carbonyl (C=O) groups excluding carboxylic acids is 2. The first-order chi connectivity index (χ1) is 18.3. The Bertz CT molecular complexity index is 1380. The first kappa shape index (κ1) is 27.0. The molecule has 200 valence electrons. The second-order valence-electron chi connectivity index (χ2n) is 8.25. The van der Waals surface area contributed by atoms with Crippen LogP contribution < -0.4 is 19.1 Å². The van der Waals surface area contributed by atoms with Gasteiger partial charge in [0.15, 0.2) is 11.5 Å². The van der Waals surface area contributed by atoms with E-state index in [0.717, 1.165) is 0 Å². The third-order valence-corrected chi connectivity index (χ3v) is 6.96. The number of nitrogens with zero attached hydrogens (tertiary/aromatic N) is 2. The van der Waals surface area contributed by atoms with E-state index in [0.29, 0.717) is 36.6 Å². The zero-order chi connectivity index (χ0) is 27.1. The summed E-state index contributed by atoms with van der Waals surface area (Å²) >= 11 is 0. The van der Waals surface area contributed by atoms with E-state index in [4.69, 9.17) is 14.2 Å². The molecule has 1 aliphatic heterocycles. The molecule has 4 rings (SSSR count). The minimum absolute atomic E-state index is 0.0940. The van der Waals surface area contributed by atoms with Crippen molar-refractivity contribution in [1.82, 2.24) is 9.71 Å². The Morgan fingerprint density at radius 2 is 1.87 bits per heavy atom. The summed E-state index contributed by atoms with van der Waals surface area (Å²) in [6, 6.07) is 13.7. The van der Waals surface area contributed by atoms with E-state index in [1.165, 1.54) is 54.5 Å². The number of nitrogens with one attached hydrogen (secondary N) is 1. The van der Waals surface area contributed by atoms with Gasteiger partial charge in [0.1, 0.15) is 6.10 Å². The quantitative estimate of drug-likeness (QED) is 0.411. The maximum Gasteiger partial charge on any atom is 0.264 e. The van der Waals surface area contributed by atoms with Crippen molar-refractivity contribution in [3.05, 3.63) is 78.1 Å². The van der Waals surface area contributed by atoms with E-state index >= 15 is 0 Å². The monoisotopic (exact) mass is 543 g/mol. The van der Waals surface area contributed by atoms with Crippen molar-refractivity contribution in [2.45, 2.75) is 19.4 Å². The predicted molar refractivity (Wildman–Crippen MR) is 137 cm³/mol. The van der Waals surface area contributed by atoms with Crippen molar-refractivity contribution in [3.8, 4) is 11.5 Å². The number of carbonyl (C=O) groups is 2. The number of halogens is 1. The fraction of sp³-hybridized carbons (Fsp3) is 0.269. The average Bonchev–Trinajstić information content (AvgIpc) is 3.44. The van der Waals surface area contributed by atoms with Crippen molar-refractivity contribution in [2.75, 3.05) is 30.7 Å². The SMILES string of the molecule is CCS(=O)(=O)NC(=O)c1ccc(N(C(=O)c2cccnc2)c2ccc(OCF)c(O[C@@H]3CCOC3)c2)cc1. The zero-order valence-corrected chi connectivity index (χ0v) is 21.3. The topological polar surface area (TPSA) is 124 Å². The van der Waals surface area contributed by atoms with E-state index in [1.54, 1.807) is 24.3 Å². The summed E-state index contributed by atoms with van der Waals surface area (Å²) in [6.07, 6.45) is 3.35. The molecule has 0 radical (unpaired) electrons.